The van der Waals surface area contributed by atoms with Crippen molar-refractivity contribution in [2.75, 3.05) is 0 Å². The van der Waals surface area contributed by atoms with Gasteiger partial charge in [-0.25, -0.2) is 18.7 Å². The summed E-state index contributed by atoms with van der Waals surface area (Å²) in [7, 11) is 0. The summed E-state index contributed by atoms with van der Waals surface area (Å²) >= 11 is 0. The van der Waals surface area contributed by atoms with Crippen LogP contribution in [0.25, 0.3) is 16.7 Å². The number of rotatable bonds is 1. The molecule has 0 amide bonds. The molecule has 0 saturated heterocycles. The Morgan fingerprint density at radius 1 is 1.16 bits per heavy atom. The molecule has 0 aliphatic carbocycles. The van der Waals surface area contributed by atoms with Gasteiger partial charge in [0.1, 0.15) is 11.6 Å². The molecule has 5 nitrogen and oxygen atoms in total. The summed E-state index contributed by atoms with van der Waals surface area (Å²) < 4.78 is 14.0. The highest BCUT2D eigenvalue weighted by Crippen LogP contribution is 2.08. The number of H-pyrrole nitrogens is 1. The number of hydrogen-bond donors (Lipinski definition) is 1. The Bertz CT molecular complexity index is 868. The molecule has 19 heavy (non-hydrogen) atoms. The number of benzene rings is 1. The molecule has 6 heteroatoms. The first-order valence-electron chi connectivity index (χ1n) is 5.53. The molecule has 2 heterocycles. The molecule has 0 aliphatic rings. The quantitative estimate of drug-likeness (QED) is 0.712. The Balaban J connectivity index is 2.43. The average molecular weight is 257 g/mol. The highest BCUT2D eigenvalue weighted by Gasteiger charge is 2.10. The third kappa shape index (κ3) is 1.83. The SMILES string of the molecule is O=c1[nH]c2cc(F)ccc2c(=O)n1-c1ccccn1. The van der Waals surface area contributed by atoms with Gasteiger partial charge in [-0.3, -0.25) is 4.79 Å². The first kappa shape index (κ1) is 11.3. The van der Waals surface area contributed by atoms with Crippen molar-refractivity contribution >= 4 is 10.9 Å². The van der Waals surface area contributed by atoms with Crippen molar-refractivity contribution in [1.29, 1.82) is 0 Å². The van der Waals surface area contributed by atoms with Crippen LogP contribution >= 0.6 is 0 Å². The number of nitrogens with zero attached hydrogens (tertiary/aromatic N) is 2. The Hall–Kier alpha value is -2.76. The minimum absolute atomic E-state index is 0.169. The Labute approximate surface area is 106 Å². The molecule has 0 saturated carbocycles. The van der Waals surface area contributed by atoms with E-state index in [2.05, 4.69) is 9.97 Å². The van der Waals surface area contributed by atoms with Gasteiger partial charge in [0.2, 0.25) is 0 Å². The number of fused-ring (bicyclic) bond motifs is 1. The van der Waals surface area contributed by atoms with Gasteiger partial charge in [-0.2, -0.15) is 0 Å². The Morgan fingerprint density at radius 2 is 2.00 bits per heavy atom. The number of nitrogens with one attached hydrogen (secondary N) is 1. The van der Waals surface area contributed by atoms with Crippen LogP contribution < -0.4 is 11.2 Å². The van der Waals surface area contributed by atoms with Crippen LogP contribution in [0.2, 0.25) is 0 Å². The lowest BCUT2D eigenvalue weighted by atomic mass is 10.2. The molecule has 0 radical (unpaired) electrons. The van der Waals surface area contributed by atoms with E-state index in [9.17, 15) is 14.0 Å². The molecule has 0 spiro atoms. The minimum atomic E-state index is -0.651. The highest BCUT2D eigenvalue weighted by molar-refractivity contribution is 5.77. The maximum atomic E-state index is 13.1. The van der Waals surface area contributed by atoms with Crippen molar-refractivity contribution < 1.29 is 4.39 Å². The second-order valence-electron chi connectivity index (χ2n) is 3.95. The van der Waals surface area contributed by atoms with Gasteiger partial charge in [0.25, 0.3) is 5.56 Å². The largest absolute Gasteiger partial charge is 0.334 e. The summed E-state index contributed by atoms with van der Waals surface area (Å²) in [4.78, 5) is 30.6. The first-order valence-corrected chi connectivity index (χ1v) is 5.53. The van der Waals surface area contributed by atoms with E-state index < -0.39 is 17.1 Å². The van der Waals surface area contributed by atoms with E-state index in [1.807, 2.05) is 0 Å². The van der Waals surface area contributed by atoms with Gasteiger partial charge in [0.15, 0.2) is 0 Å². The van der Waals surface area contributed by atoms with E-state index >= 15 is 0 Å². The molecule has 0 unspecified atom stereocenters. The molecule has 0 atom stereocenters. The van der Waals surface area contributed by atoms with Crippen LogP contribution in [0.3, 0.4) is 0 Å². The Morgan fingerprint density at radius 3 is 2.74 bits per heavy atom. The van der Waals surface area contributed by atoms with Gasteiger partial charge in [0, 0.05) is 6.20 Å². The lowest BCUT2D eigenvalue weighted by Crippen LogP contribution is -2.34. The van der Waals surface area contributed by atoms with Gasteiger partial charge >= 0.3 is 5.69 Å². The molecule has 3 aromatic rings. The van der Waals surface area contributed by atoms with Crippen LogP contribution in [0, 0.1) is 5.82 Å². The predicted molar refractivity (Wildman–Crippen MR) is 67.9 cm³/mol. The van der Waals surface area contributed by atoms with E-state index in [1.165, 1.54) is 18.3 Å². The van der Waals surface area contributed by atoms with Crippen molar-refractivity contribution in [3.05, 3.63) is 69.3 Å². The number of hydrogen-bond acceptors (Lipinski definition) is 3. The summed E-state index contributed by atoms with van der Waals surface area (Å²) in [5.41, 5.74) is -1.01. The van der Waals surface area contributed by atoms with E-state index in [0.717, 1.165) is 10.6 Å². The lowest BCUT2D eigenvalue weighted by molar-refractivity contribution is 0.629. The summed E-state index contributed by atoms with van der Waals surface area (Å²) in [6, 6.07) is 8.52. The molecule has 94 valence electrons. The van der Waals surface area contributed by atoms with Crippen molar-refractivity contribution in [2.24, 2.45) is 0 Å². The second-order valence-corrected chi connectivity index (χ2v) is 3.95. The van der Waals surface area contributed by atoms with Gasteiger partial charge in [-0.05, 0) is 30.3 Å². The van der Waals surface area contributed by atoms with Gasteiger partial charge in [-0.1, -0.05) is 6.07 Å². The number of pyridine rings is 1. The molecular formula is C13H8FN3O2. The van der Waals surface area contributed by atoms with Crippen molar-refractivity contribution in [1.82, 2.24) is 14.5 Å². The molecule has 0 bridgehead atoms. The van der Waals surface area contributed by atoms with Crippen LogP contribution in [0.5, 0.6) is 0 Å². The zero-order valence-electron chi connectivity index (χ0n) is 9.63. The molecule has 0 fully saturated rings. The molecular weight excluding hydrogens is 249 g/mol. The van der Waals surface area contributed by atoms with Crippen LogP contribution in [0.4, 0.5) is 4.39 Å². The standard InChI is InChI=1S/C13H8FN3O2/c14-8-4-5-9-10(7-8)16-13(19)17(12(9)18)11-3-1-2-6-15-11/h1-7H,(H,16,19). The lowest BCUT2D eigenvalue weighted by Gasteiger charge is -2.05. The highest BCUT2D eigenvalue weighted by atomic mass is 19.1. The molecule has 0 aliphatic heterocycles. The third-order valence-corrected chi connectivity index (χ3v) is 2.74. The molecule has 1 aromatic carbocycles. The maximum absolute atomic E-state index is 13.1. The van der Waals surface area contributed by atoms with Crippen LogP contribution in [-0.4, -0.2) is 14.5 Å². The van der Waals surface area contributed by atoms with Crippen LogP contribution in [0.1, 0.15) is 0 Å². The summed E-state index contributed by atoms with van der Waals surface area (Å²) in [6.45, 7) is 0. The number of halogens is 1. The Kier molecular flexibility index (Phi) is 2.49. The summed E-state index contributed by atoms with van der Waals surface area (Å²) in [5.74, 6) is -0.293. The summed E-state index contributed by atoms with van der Waals surface area (Å²) in [6.07, 6.45) is 1.48. The third-order valence-electron chi connectivity index (χ3n) is 2.74. The molecule has 1 N–H and O–H groups in total. The predicted octanol–water partition coefficient (Wildman–Crippen LogP) is 1.21. The van der Waals surface area contributed by atoms with Crippen LogP contribution in [-0.2, 0) is 0 Å². The molecule has 2 aromatic heterocycles. The van der Waals surface area contributed by atoms with Crippen molar-refractivity contribution in [3.63, 3.8) is 0 Å². The fourth-order valence-electron chi connectivity index (χ4n) is 1.88. The molecule has 3 rings (SSSR count). The zero-order chi connectivity index (χ0) is 13.4. The van der Waals surface area contributed by atoms with Crippen molar-refractivity contribution in [3.8, 4) is 5.82 Å². The summed E-state index contributed by atoms with van der Waals surface area (Å²) in [5, 5.41) is 0.228. The normalized spacial score (nSPS) is 10.8. The smallest absolute Gasteiger partial charge is 0.306 e. The first-order chi connectivity index (χ1) is 9.16. The monoisotopic (exact) mass is 257 g/mol. The zero-order valence-corrected chi connectivity index (χ0v) is 9.63. The van der Waals surface area contributed by atoms with E-state index in [4.69, 9.17) is 0 Å². The van der Waals surface area contributed by atoms with Crippen molar-refractivity contribution in [2.45, 2.75) is 0 Å². The van der Waals surface area contributed by atoms with Gasteiger partial charge in [0.05, 0.1) is 10.9 Å². The van der Waals surface area contributed by atoms with Crippen LogP contribution in [0.15, 0.2) is 52.2 Å². The fourth-order valence-corrected chi connectivity index (χ4v) is 1.88. The van der Waals surface area contributed by atoms with Gasteiger partial charge in [-0.15, -0.1) is 0 Å². The van der Waals surface area contributed by atoms with E-state index in [-0.39, 0.29) is 16.7 Å². The van der Waals surface area contributed by atoms with E-state index in [0.29, 0.717) is 0 Å². The average Bonchev–Trinajstić information content (AvgIpc) is 2.39. The van der Waals surface area contributed by atoms with E-state index in [1.54, 1.807) is 18.2 Å². The maximum Gasteiger partial charge on any atom is 0.334 e. The van der Waals surface area contributed by atoms with Gasteiger partial charge < -0.3 is 4.98 Å². The number of aromatic nitrogens is 3. The topological polar surface area (TPSA) is 67.8 Å². The fraction of sp³-hybridized carbons (Fsp3) is 0. The minimum Gasteiger partial charge on any atom is -0.306 e. The number of aromatic amines is 1. The second kappa shape index (κ2) is 4.16.